The number of thiophene rings is 1. The third-order valence-electron chi connectivity index (χ3n) is 2.50. The van der Waals surface area contributed by atoms with Crippen molar-refractivity contribution < 1.29 is 0 Å². The van der Waals surface area contributed by atoms with Gasteiger partial charge in [-0.1, -0.05) is 12.1 Å². The number of aryl methyl sites for hydroxylation is 2. The topological polar surface area (TPSA) is 35.8 Å². The van der Waals surface area contributed by atoms with Crippen LogP contribution >= 0.6 is 11.3 Å². The van der Waals surface area contributed by atoms with Crippen molar-refractivity contribution in [3.63, 3.8) is 0 Å². The number of rotatable bonds is 3. The van der Waals surface area contributed by atoms with Crippen LogP contribution in [0.25, 0.3) is 0 Å². The first kappa shape index (κ1) is 11.7. The maximum atomic E-state index is 9.21. The lowest BCUT2D eigenvalue weighted by Crippen LogP contribution is -2.06. The minimum absolute atomic E-state index is 0.268. The van der Waals surface area contributed by atoms with Crippen LogP contribution in [-0.4, -0.2) is 0 Å². The standard InChI is InChI=1S/C14H14N2S/c1-10-4-3-5-12(8-10)16-13(9-15)14-7-6-11(2)17-14/h3-8,13,16H,1-2H3. The molecule has 2 aromatic rings. The second kappa shape index (κ2) is 5.03. The van der Waals surface area contributed by atoms with E-state index in [1.54, 1.807) is 11.3 Å². The van der Waals surface area contributed by atoms with Crippen molar-refractivity contribution in [2.24, 2.45) is 0 Å². The first-order valence-corrected chi connectivity index (χ1v) is 6.30. The third-order valence-corrected chi connectivity index (χ3v) is 3.57. The molecule has 0 fully saturated rings. The van der Waals surface area contributed by atoms with Gasteiger partial charge in [0.15, 0.2) is 0 Å². The number of nitrogens with one attached hydrogen (secondary N) is 1. The maximum Gasteiger partial charge on any atom is 0.149 e. The molecule has 0 aliphatic carbocycles. The Morgan fingerprint density at radius 3 is 2.65 bits per heavy atom. The van der Waals surface area contributed by atoms with E-state index in [0.29, 0.717) is 0 Å². The molecule has 1 aromatic carbocycles. The molecule has 86 valence electrons. The maximum absolute atomic E-state index is 9.21. The zero-order chi connectivity index (χ0) is 12.3. The minimum atomic E-state index is -0.268. The van der Waals surface area contributed by atoms with Crippen LogP contribution in [0.3, 0.4) is 0 Å². The van der Waals surface area contributed by atoms with Crippen LogP contribution in [0, 0.1) is 25.2 Å². The molecule has 0 amide bonds. The Bertz CT molecular complexity index is 551. The Hall–Kier alpha value is -1.79. The van der Waals surface area contributed by atoms with E-state index in [-0.39, 0.29) is 6.04 Å². The Labute approximate surface area is 106 Å². The molecule has 1 heterocycles. The van der Waals surface area contributed by atoms with Crippen molar-refractivity contribution in [2.45, 2.75) is 19.9 Å². The lowest BCUT2D eigenvalue weighted by atomic mass is 10.2. The van der Waals surface area contributed by atoms with Gasteiger partial charge in [-0.25, -0.2) is 0 Å². The fourth-order valence-electron chi connectivity index (χ4n) is 1.68. The summed E-state index contributed by atoms with van der Waals surface area (Å²) in [6.45, 7) is 4.09. The Kier molecular flexibility index (Phi) is 3.46. The van der Waals surface area contributed by atoms with Gasteiger partial charge in [0.05, 0.1) is 6.07 Å². The van der Waals surface area contributed by atoms with Crippen molar-refractivity contribution in [3.8, 4) is 6.07 Å². The summed E-state index contributed by atoms with van der Waals surface area (Å²) in [6, 6.07) is 14.2. The highest BCUT2D eigenvalue weighted by atomic mass is 32.1. The number of hydrogen-bond acceptors (Lipinski definition) is 3. The molecule has 0 spiro atoms. The largest absolute Gasteiger partial charge is 0.366 e. The molecule has 0 saturated heterocycles. The van der Waals surface area contributed by atoms with Gasteiger partial charge in [-0.3, -0.25) is 0 Å². The molecule has 1 atom stereocenters. The van der Waals surface area contributed by atoms with Gasteiger partial charge in [-0.2, -0.15) is 5.26 Å². The highest BCUT2D eigenvalue weighted by Gasteiger charge is 2.11. The van der Waals surface area contributed by atoms with E-state index in [0.717, 1.165) is 10.6 Å². The van der Waals surface area contributed by atoms with Crippen molar-refractivity contribution in [3.05, 3.63) is 51.7 Å². The van der Waals surface area contributed by atoms with Crippen LogP contribution in [-0.2, 0) is 0 Å². The summed E-state index contributed by atoms with van der Waals surface area (Å²) in [6.07, 6.45) is 0. The summed E-state index contributed by atoms with van der Waals surface area (Å²) < 4.78 is 0. The molecule has 0 aliphatic heterocycles. The second-order valence-electron chi connectivity index (χ2n) is 4.02. The van der Waals surface area contributed by atoms with Crippen LogP contribution in [0.1, 0.15) is 21.4 Å². The zero-order valence-corrected chi connectivity index (χ0v) is 10.7. The lowest BCUT2D eigenvalue weighted by Gasteiger charge is -2.11. The molecule has 1 N–H and O–H groups in total. The van der Waals surface area contributed by atoms with Gasteiger partial charge < -0.3 is 5.32 Å². The van der Waals surface area contributed by atoms with Gasteiger partial charge in [-0.05, 0) is 43.7 Å². The Morgan fingerprint density at radius 2 is 2.06 bits per heavy atom. The first-order chi connectivity index (χ1) is 8.19. The van der Waals surface area contributed by atoms with E-state index in [9.17, 15) is 5.26 Å². The third kappa shape index (κ3) is 2.86. The molecule has 0 saturated carbocycles. The smallest absolute Gasteiger partial charge is 0.149 e. The fraction of sp³-hybridized carbons (Fsp3) is 0.214. The van der Waals surface area contributed by atoms with E-state index in [4.69, 9.17) is 0 Å². The van der Waals surface area contributed by atoms with Crippen molar-refractivity contribution in [1.29, 1.82) is 5.26 Å². The minimum Gasteiger partial charge on any atom is -0.366 e. The van der Waals surface area contributed by atoms with Crippen molar-refractivity contribution >= 4 is 17.0 Å². The van der Waals surface area contributed by atoms with Gasteiger partial charge in [0.2, 0.25) is 0 Å². The van der Waals surface area contributed by atoms with Gasteiger partial charge in [0.25, 0.3) is 0 Å². The van der Waals surface area contributed by atoms with Gasteiger partial charge >= 0.3 is 0 Å². The van der Waals surface area contributed by atoms with Crippen LogP contribution in [0.4, 0.5) is 5.69 Å². The van der Waals surface area contributed by atoms with Crippen LogP contribution in [0.15, 0.2) is 36.4 Å². The SMILES string of the molecule is Cc1cccc(NC(C#N)c2ccc(C)s2)c1. The number of hydrogen-bond donors (Lipinski definition) is 1. The molecule has 1 unspecified atom stereocenters. The number of benzene rings is 1. The summed E-state index contributed by atoms with van der Waals surface area (Å²) in [7, 11) is 0. The number of nitrogens with zero attached hydrogens (tertiary/aromatic N) is 1. The van der Waals surface area contributed by atoms with E-state index in [1.165, 1.54) is 10.4 Å². The molecular weight excluding hydrogens is 228 g/mol. The number of nitriles is 1. The summed E-state index contributed by atoms with van der Waals surface area (Å²) in [4.78, 5) is 2.29. The molecular formula is C14H14N2S. The Morgan fingerprint density at radius 1 is 1.24 bits per heavy atom. The van der Waals surface area contributed by atoms with Gasteiger partial charge in [0.1, 0.15) is 6.04 Å². The van der Waals surface area contributed by atoms with E-state index in [2.05, 4.69) is 18.3 Å². The lowest BCUT2D eigenvalue weighted by molar-refractivity contribution is 1.03. The summed E-state index contributed by atoms with van der Waals surface area (Å²) in [5.41, 5.74) is 2.18. The van der Waals surface area contributed by atoms with E-state index in [1.807, 2.05) is 43.3 Å². The van der Waals surface area contributed by atoms with Gasteiger partial charge in [-0.15, -0.1) is 11.3 Å². The van der Waals surface area contributed by atoms with Gasteiger partial charge in [0, 0.05) is 15.4 Å². The molecule has 17 heavy (non-hydrogen) atoms. The van der Waals surface area contributed by atoms with Crippen LogP contribution < -0.4 is 5.32 Å². The summed E-state index contributed by atoms with van der Waals surface area (Å²) in [5, 5.41) is 12.5. The zero-order valence-electron chi connectivity index (χ0n) is 9.90. The quantitative estimate of drug-likeness (QED) is 0.881. The molecule has 0 aliphatic rings. The average molecular weight is 242 g/mol. The predicted molar refractivity (Wildman–Crippen MR) is 72.2 cm³/mol. The molecule has 2 rings (SSSR count). The fourth-order valence-corrected chi connectivity index (χ4v) is 2.55. The van der Waals surface area contributed by atoms with E-state index >= 15 is 0 Å². The van der Waals surface area contributed by atoms with Crippen LogP contribution in [0.2, 0.25) is 0 Å². The highest BCUT2D eigenvalue weighted by molar-refractivity contribution is 7.12. The summed E-state index contributed by atoms with van der Waals surface area (Å²) in [5.74, 6) is 0. The first-order valence-electron chi connectivity index (χ1n) is 5.48. The summed E-state index contributed by atoms with van der Waals surface area (Å²) >= 11 is 1.66. The molecule has 1 aromatic heterocycles. The van der Waals surface area contributed by atoms with E-state index < -0.39 is 0 Å². The van der Waals surface area contributed by atoms with Crippen LogP contribution in [0.5, 0.6) is 0 Å². The highest BCUT2D eigenvalue weighted by Crippen LogP contribution is 2.25. The number of anilines is 1. The van der Waals surface area contributed by atoms with Crippen molar-refractivity contribution in [1.82, 2.24) is 0 Å². The molecule has 3 heteroatoms. The Balaban J connectivity index is 2.19. The monoisotopic (exact) mass is 242 g/mol. The van der Waals surface area contributed by atoms with Crippen molar-refractivity contribution in [2.75, 3.05) is 5.32 Å². The normalized spacial score (nSPS) is 11.8. The molecule has 0 bridgehead atoms. The molecule has 0 radical (unpaired) electrons. The predicted octanol–water partition coefficient (Wildman–Crippen LogP) is 4.04. The average Bonchev–Trinajstić information content (AvgIpc) is 2.73. The second-order valence-corrected chi connectivity index (χ2v) is 5.34. The molecule has 2 nitrogen and oxygen atoms in total.